The lowest BCUT2D eigenvalue weighted by molar-refractivity contribution is -0.134. The molecular formula is C20H29Cl2N3O3S. The minimum Gasteiger partial charge on any atom is -0.342 e. The lowest BCUT2D eigenvalue weighted by Gasteiger charge is -2.37. The maximum Gasteiger partial charge on any atom is 0.246 e. The van der Waals surface area contributed by atoms with Gasteiger partial charge >= 0.3 is 0 Å². The summed E-state index contributed by atoms with van der Waals surface area (Å²) in [6, 6.07) is 4.99. The predicted molar refractivity (Wildman–Crippen MR) is 116 cm³/mol. The molecule has 0 bridgehead atoms. The van der Waals surface area contributed by atoms with Gasteiger partial charge in [0.25, 0.3) is 0 Å². The maximum atomic E-state index is 13.0. The third kappa shape index (κ3) is 5.25. The molecule has 0 unspecified atom stereocenters. The average Bonchev–Trinajstić information content (AvgIpc) is 2.68. The monoisotopic (exact) mass is 461 g/mol. The molecule has 29 heavy (non-hydrogen) atoms. The Labute approximate surface area is 183 Å². The van der Waals surface area contributed by atoms with E-state index in [9.17, 15) is 13.2 Å². The number of hydrogen-bond donors (Lipinski definition) is 0. The van der Waals surface area contributed by atoms with Crippen LogP contribution in [0.2, 0.25) is 10.0 Å². The number of hydrogen-bond acceptors (Lipinski definition) is 4. The standard InChI is InChI=1S/C20H29Cl2N3O3S/c1-15-6-8-16(9-7-15)23(2)19(26)14-24-10-12-25(13-11-24)29(27,28)20-17(21)4-3-5-18(20)22/h3-5,15-16H,6-14H2,1-2H3. The summed E-state index contributed by atoms with van der Waals surface area (Å²) >= 11 is 12.2. The van der Waals surface area contributed by atoms with Crippen LogP contribution in [-0.2, 0) is 14.8 Å². The van der Waals surface area contributed by atoms with Gasteiger partial charge in [0.2, 0.25) is 15.9 Å². The second-order valence-electron chi connectivity index (χ2n) is 8.15. The van der Waals surface area contributed by atoms with Crippen LogP contribution in [0.15, 0.2) is 23.1 Å². The van der Waals surface area contributed by atoms with Gasteiger partial charge in [-0.25, -0.2) is 8.42 Å². The van der Waals surface area contributed by atoms with E-state index in [1.54, 1.807) is 6.07 Å². The van der Waals surface area contributed by atoms with E-state index in [0.717, 1.165) is 18.8 Å². The first kappa shape index (κ1) is 22.8. The third-order valence-electron chi connectivity index (χ3n) is 6.13. The highest BCUT2D eigenvalue weighted by Gasteiger charge is 2.33. The van der Waals surface area contributed by atoms with E-state index in [4.69, 9.17) is 23.2 Å². The summed E-state index contributed by atoms with van der Waals surface area (Å²) in [7, 11) is -1.87. The van der Waals surface area contributed by atoms with Gasteiger partial charge in [-0.2, -0.15) is 4.31 Å². The van der Waals surface area contributed by atoms with E-state index in [1.165, 1.54) is 29.3 Å². The largest absolute Gasteiger partial charge is 0.342 e. The first-order valence-corrected chi connectivity index (χ1v) is 12.3. The Morgan fingerprint density at radius 2 is 1.62 bits per heavy atom. The highest BCUT2D eigenvalue weighted by Crippen LogP contribution is 2.32. The van der Waals surface area contributed by atoms with Gasteiger partial charge in [-0.05, 0) is 43.7 Å². The second kappa shape index (κ2) is 9.52. The van der Waals surface area contributed by atoms with Crippen LogP contribution in [0.1, 0.15) is 32.6 Å². The highest BCUT2D eigenvalue weighted by molar-refractivity contribution is 7.89. The summed E-state index contributed by atoms with van der Waals surface area (Å²) in [5, 5.41) is 0.247. The summed E-state index contributed by atoms with van der Waals surface area (Å²) < 4.78 is 27.3. The van der Waals surface area contributed by atoms with Gasteiger partial charge in [-0.1, -0.05) is 36.2 Å². The molecule has 1 aromatic rings. The Hall–Kier alpha value is -0.860. The van der Waals surface area contributed by atoms with Gasteiger partial charge in [0, 0.05) is 39.3 Å². The number of amides is 1. The normalized spacial score (nSPS) is 24.4. The minimum atomic E-state index is -3.77. The number of rotatable bonds is 5. The molecule has 1 amide bonds. The fourth-order valence-electron chi connectivity index (χ4n) is 4.12. The molecule has 1 aliphatic heterocycles. The van der Waals surface area contributed by atoms with Crippen LogP contribution in [0.25, 0.3) is 0 Å². The summed E-state index contributed by atoms with van der Waals surface area (Å²) in [5.74, 6) is 0.853. The number of benzene rings is 1. The zero-order chi connectivity index (χ0) is 21.2. The molecule has 0 radical (unpaired) electrons. The van der Waals surface area contributed by atoms with Crippen LogP contribution < -0.4 is 0 Å². The van der Waals surface area contributed by atoms with Crippen molar-refractivity contribution in [1.82, 2.24) is 14.1 Å². The molecule has 3 rings (SSSR count). The van der Waals surface area contributed by atoms with Crippen molar-refractivity contribution in [2.75, 3.05) is 39.8 Å². The molecule has 2 fully saturated rings. The lowest BCUT2D eigenvalue weighted by Crippen LogP contribution is -2.52. The SMILES string of the molecule is CC1CCC(N(C)C(=O)CN2CCN(S(=O)(=O)c3c(Cl)cccc3Cl)CC2)CC1. The molecule has 0 spiro atoms. The Kier molecular flexibility index (Phi) is 7.49. The van der Waals surface area contributed by atoms with Gasteiger partial charge in [-0.3, -0.25) is 9.69 Å². The zero-order valence-electron chi connectivity index (χ0n) is 17.0. The number of carbonyl (C=O) groups is 1. The van der Waals surface area contributed by atoms with Crippen LogP contribution in [0, 0.1) is 5.92 Å². The van der Waals surface area contributed by atoms with Crippen LogP contribution in [0.5, 0.6) is 0 Å². The van der Waals surface area contributed by atoms with Crippen molar-refractivity contribution in [2.24, 2.45) is 5.92 Å². The third-order valence-corrected chi connectivity index (χ3v) is 8.99. The van der Waals surface area contributed by atoms with Crippen molar-refractivity contribution in [3.63, 3.8) is 0 Å². The van der Waals surface area contributed by atoms with Crippen LogP contribution in [0.4, 0.5) is 0 Å². The van der Waals surface area contributed by atoms with E-state index in [0.29, 0.717) is 38.8 Å². The van der Waals surface area contributed by atoms with E-state index >= 15 is 0 Å². The molecule has 162 valence electrons. The number of nitrogens with zero attached hydrogens (tertiary/aromatic N) is 3. The zero-order valence-corrected chi connectivity index (χ0v) is 19.3. The predicted octanol–water partition coefficient (Wildman–Crippen LogP) is 3.34. The topological polar surface area (TPSA) is 60.9 Å². The van der Waals surface area contributed by atoms with Gasteiger partial charge in [0.1, 0.15) is 4.90 Å². The molecule has 6 nitrogen and oxygen atoms in total. The van der Waals surface area contributed by atoms with Gasteiger partial charge in [0.15, 0.2) is 0 Å². The Morgan fingerprint density at radius 1 is 1.07 bits per heavy atom. The first-order chi connectivity index (χ1) is 13.7. The highest BCUT2D eigenvalue weighted by atomic mass is 35.5. The Morgan fingerprint density at radius 3 is 2.17 bits per heavy atom. The molecule has 0 N–H and O–H groups in total. The van der Waals surface area contributed by atoms with Gasteiger partial charge < -0.3 is 4.90 Å². The number of carbonyl (C=O) groups excluding carboxylic acids is 1. The summed E-state index contributed by atoms with van der Waals surface area (Å²) in [4.78, 5) is 16.6. The molecule has 1 aromatic carbocycles. The molecule has 1 saturated heterocycles. The lowest BCUT2D eigenvalue weighted by atomic mass is 9.87. The smallest absolute Gasteiger partial charge is 0.246 e. The van der Waals surface area contributed by atoms with Crippen molar-refractivity contribution in [2.45, 2.75) is 43.5 Å². The molecule has 0 aromatic heterocycles. The van der Waals surface area contributed by atoms with Gasteiger partial charge in [0.05, 0.1) is 16.6 Å². The average molecular weight is 462 g/mol. The molecule has 1 heterocycles. The molecule has 1 aliphatic carbocycles. The van der Waals surface area contributed by atoms with Gasteiger partial charge in [-0.15, -0.1) is 0 Å². The van der Waals surface area contributed by atoms with E-state index in [1.807, 2.05) is 16.8 Å². The van der Waals surface area contributed by atoms with E-state index in [2.05, 4.69) is 6.92 Å². The van der Waals surface area contributed by atoms with Crippen molar-refractivity contribution in [3.8, 4) is 0 Å². The van der Waals surface area contributed by atoms with Crippen molar-refractivity contribution in [1.29, 1.82) is 0 Å². The summed E-state index contributed by atoms with van der Waals surface area (Å²) in [5.41, 5.74) is 0. The van der Waals surface area contributed by atoms with Crippen LogP contribution in [-0.4, -0.2) is 74.2 Å². The maximum absolute atomic E-state index is 13.0. The van der Waals surface area contributed by atoms with E-state index < -0.39 is 10.0 Å². The Balaban J connectivity index is 1.56. The minimum absolute atomic E-state index is 0.0425. The fourth-order valence-corrected chi connectivity index (χ4v) is 6.64. The fraction of sp³-hybridized carbons (Fsp3) is 0.650. The first-order valence-electron chi connectivity index (χ1n) is 10.1. The number of sulfonamides is 1. The second-order valence-corrected chi connectivity index (χ2v) is 10.8. The van der Waals surface area contributed by atoms with Crippen LogP contribution in [0.3, 0.4) is 0 Å². The van der Waals surface area contributed by atoms with Crippen LogP contribution >= 0.6 is 23.2 Å². The number of likely N-dealkylation sites (N-methyl/N-ethyl adjacent to an activating group) is 1. The molecule has 9 heteroatoms. The summed E-state index contributed by atoms with van der Waals surface area (Å²) in [6.45, 7) is 4.21. The quantitative estimate of drug-likeness (QED) is 0.674. The molecule has 1 saturated carbocycles. The van der Waals surface area contributed by atoms with Crippen molar-refractivity contribution in [3.05, 3.63) is 28.2 Å². The molecular weight excluding hydrogens is 433 g/mol. The number of piperazine rings is 1. The number of halogens is 2. The molecule has 0 atom stereocenters. The molecule has 2 aliphatic rings. The van der Waals surface area contributed by atoms with E-state index in [-0.39, 0.29) is 20.8 Å². The Bertz CT molecular complexity index is 813. The van der Waals surface area contributed by atoms with Crippen molar-refractivity contribution >= 4 is 39.1 Å². The summed E-state index contributed by atoms with van der Waals surface area (Å²) in [6.07, 6.45) is 4.47. The van der Waals surface area contributed by atoms with Crippen molar-refractivity contribution < 1.29 is 13.2 Å².